The molecule has 18 heavy (non-hydrogen) atoms. The van der Waals surface area contributed by atoms with Crippen LogP contribution in [0.2, 0.25) is 0 Å². The Morgan fingerprint density at radius 2 is 1.83 bits per heavy atom. The van der Waals surface area contributed by atoms with Gasteiger partial charge in [-0.1, -0.05) is 18.2 Å². The van der Waals surface area contributed by atoms with Gasteiger partial charge in [0.25, 0.3) is 0 Å². The van der Waals surface area contributed by atoms with Gasteiger partial charge in [0, 0.05) is 12.2 Å². The summed E-state index contributed by atoms with van der Waals surface area (Å²) in [5.41, 5.74) is 6.37. The first kappa shape index (κ1) is 11.1. The molecule has 0 saturated carbocycles. The van der Waals surface area contributed by atoms with E-state index in [-0.39, 0.29) is 0 Å². The number of rotatable bonds is 2. The number of ether oxygens (including phenoxy) is 1. The van der Waals surface area contributed by atoms with Crippen LogP contribution in [0.1, 0.15) is 11.1 Å². The monoisotopic (exact) mass is 239 g/mol. The molecule has 92 valence electrons. The zero-order valence-corrected chi connectivity index (χ0v) is 10.8. The summed E-state index contributed by atoms with van der Waals surface area (Å²) in [6.07, 6.45) is 1.14. The van der Waals surface area contributed by atoms with E-state index in [1.807, 2.05) is 6.07 Å². The molecule has 3 rings (SSSR count). The van der Waals surface area contributed by atoms with Crippen LogP contribution in [0.4, 0.5) is 5.69 Å². The van der Waals surface area contributed by atoms with E-state index in [1.165, 1.54) is 27.9 Å². The number of nitrogens with one attached hydrogen (secondary N) is 1. The molecule has 0 unspecified atom stereocenters. The largest absolute Gasteiger partial charge is 0.496 e. The maximum Gasteiger partial charge on any atom is 0.121 e. The summed E-state index contributed by atoms with van der Waals surface area (Å²) in [5, 5.41) is 3.42. The maximum absolute atomic E-state index is 5.30. The van der Waals surface area contributed by atoms with Crippen molar-refractivity contribution in [1.82, 2.24) is 0 Å². The highest BCUT2D eigenvalue weighted by atomic mass is 16.5. The molecule has 0 bridgehead atoms. The van der Waals surface area contributed by atoms with Gasteiger partial charge in [-0.2, -0.15) is 0 Å². The van der Waals surface area contributed by atoms with Crippen molar-refractivity contribution >= 4 is 5.69 Å². The topological polar surface area (TPSA) is 21.3 Å². The van der Waals surface area contributed by atoms with Crippen molar-refractivity contribution in [3.05, 3.63) is 47.5 Å². The molecule has 1 aliphatic rings. The molecule has 0 amide bonds. The lowest BCUT2D eigenvalue weighted by molar-refractivity contribution is 0.412. The van der Waals surface area contributed by atoms with Gasteiger partial charge in [0.05, 0.1) is 7.11 Å². The Hall–Kier alpha value is -1.96. The second-order valence-corrected chi connectivity index (χ2v) is 4.73. The quantitative estimate of drug-likeness (QED) is 0.864. The minimum absolute atomic E-state index is 0.943. The summed E-state index contributed by atoms with van der Waals surface area (Å²) in [7, 11) is 1.71. The lowest BCUT2D eigenvalue weighted by atomic mass is 10.0. The highest BCUT2D eigenvalue weighted by Crippen LogP contribution is 2.31. The highest BCUT2D eigenvalue weighted by molar-refractivity contribution is 5.72. The van der Waals surface area contributed by atoms with Crippen LogP contribution in [0.15, 0.2) is 36.4 Å². The number of hydrogen-bond acceptors (Lipinski definition) is 2. The van der Waals surface area contributed by atoms with Crippen LogP contribution in [0.5, 0.6) is 5.75 Å². The summed E-state index contributed by atoms with van der Waals surface area (Å²) in [6, 6.07) is 13.0. The number of aryl methyl sites for hydroxylation is 1. The average molecular weight is 239 g/mol. The van der Waals surface area contributed by atoms with E-state index in [9.17, 15) is 0 Å². The fourth-order valence-corrected chi connectivity index (χ4v) is 2.53. The molecule has 1 heterocycles. The lowest BCUT2D eigenvalue weighted by Gasteiger charge is -2.09. The van der Waals surface area contributed by atoms with E-state index >= 15 is 0 Å². The Morgan fingerprint density at radius 1 is 1.06 bits per heavy atom. The zero-order chi connectivity index (χ0) is 12.5. The van der Waals surface area contributed by atoms with E-state index in [2.05, 4.69) is 42.6 Å². The average Bonchev–Trinajstić information content (AvgIpc) is 2.85. The predicted molar refractivity (Wildman–Crippen MR) is 75.4 cm³/mol. The third kappa shape index (κ3) is 1.84. The third-order valence-electron chi connectivity index (χ3n) is 3.55. The highest BCUT2D eigenvalue weighted by Gasteiger charge is 2.11. The van der Waals surface area contributed by atoms with Crippen molar-refractivity contribution in [3.8, 4) is 16.9 Å². The van der Waals surface area contributed by atoms with Crippen molar-refractivity contribution in [3.63, 3.8) is 0 Å². The summed E-state index contributed by atoms with van der Waals surface area (Å²) in [5.74, 6) is 0.943. The van der Waals surface area contributed by atoms with Gasteiger partial charge in [0.2, 0.25) is 0 Å². The van der Waals surface area contributed by atoms with E-state index in [1.54, 1.807) is 7.11 Å². The minimum Gasteiger partial charge on any atom is -0.496 e. The van der Waals surface area contributed by atoms with Crippen molar-refractivity contribution in [2.75, 3.05) is 19.0 Å². The van der Waals surface area contributed by atoms with Crippen molar-refractivity contribution in [2.45, 2.75) is 13.3 Å². The normalized spacial score (nSPS) is 13.0. The number of hydrogen-bond donors (Lipinski definition) is 1. The molecule has 0 radical (unpaired) electrons. The second-order valence-electron chi connectivity index (χ2n) is 4.73. The molecular formula is C16H17NO. The predicted octanol–water partition coefficient (Wildman–Crippen LogP) is 3.64. The summed E-state index contributed by atoms with van der Waals surface area (Å²) in [6.45, 7) is 3.13. The minimum atomic E-state index is 0.943. The van der Waals surface area contributed by atoms with Crippen molar-refractivity contribution in [1.29, 1.82) is 0 Å². The van der Waals surface area contributed by atoms with E-state index in [0.29, 0.717) is 0 Å². The Labute approximate surface area is 108 Å². The van der Waals surface area contributed by atoms with Gasteiger partial charge in [-0.25, -0.2) is 0 Å². The first-order valence-electron chi connectivity index (χ1n) is 6.30. The van der Waals surface area contributed by atoms with Gasteiger partial charge in [0.15, 0.2) is 0 Å². The molecule has 0 aromatic heterocycles. The van der Waals surface area contributed by atoms with Crippen LogP contribution in [0, 0.1) is 6.92 Å². The molecule has 0 fully saturated rings. The number of benzene rings is 2. The van der Waals surface area contributed by atoms with Gasteiger partial charge < -0.3 is 10.1 Å². The molecule has 0 atom stereocenters. The van der Waals surface area contributed by atoms with Crippen LogP contribution in [0.25, 0.3) is 11.1 Å². The fraction of sp³-hybridized carbons (Fsp3) is 0.250. The molecule has 2 nitrogen and oxygen atoms in total. The SMILES string of the molecule is COc1ccc(-c2ccc3c(c2)NCC3)cc1C. The molecule has 0 aliphatic carbocycles. The zero-order valence-electron chi connectivity index (χ0n) is 10.8. The third-order valence-corrected chi connectivity index (χ3v) is 3.55. The van der Waals surface area contributed by atoms with Crippen molar-refractivity contribution in [2.24, 2.45) is 0 Å². The molecule has 0 spiro atoms. The Bertz CT molecular complexity index is 590. The molecule has 0 saturated heterocycles. The molecule has 1 N–H and O–H groups in total. The number of methoxy groups -OCH3 is 1. The Balaban J connectivity index is 2.02. The fourth-order valence-electron chi connectivity index (χ4n) is 2.53. The van der Waals surface area contributed by atoms with E-state index in [0.717, 1.165) is 18.7 Å². The van der Waals surface area contributed by atoms with Crippen LogP contribution in [0.3, 0.4) is 0 Å². The van der Waals surface area contributed by atoms with Gasteiger partial charge in [-0.15, -0.1) is 0 Å². The smallest absolute Gasteiger partial charge is 0.121 e. The molecule has 2 aromatic rings. The van der Waals surface area contributed by atoms with Crippen LogP contribution >= 0.6 is 0 Å². The summed E-state index contributed by atoms with van der Waals surface area (Å²) >= 11 is 0. The Morgan fingerprint density at radius 3 is 2.61 bits per heavy atom. The van der Waals surface area contributed by atoms with Gasteiger partial charge in [0.1, 0.15) is 5.75 Å². The molecule has 1 aliphatic heterocycles. The first-order valence-corrected chi connectivity index (χ1v) is 6.30. The lowest BCUT2D eigenvalue weighted by Crippen LogP contribution is -1.91. The maximum atomic E-state index is 5.30. The summed E-state index contributed by atoms with van der Waals surface area (Å²) < 4.78 is 5.30. The number of anilines is 1. The second kappa shape index (κ2) is 4.37. The number of fused-ring (bicyclic) bond motifs is 1. The Kier molecular flexibility index (Phi) is 2.71. The first-order chi connectivity index (χ1) is 8.78. The van der Waals surface area contributed by atoms with Crippen LogP contribution in [-0.4, -0.2) is 13.7 Å². The summed E-state index contributed by atoms with van der Waals surface area (Å²) in [4.78, 5) is 0. The molecule has 2 aromatic carbocycles. The standard InChI is InChI=1S/C16H17NO/c1-11-9-13(5-6-16(11)18-2)14-4-3-12-7-8-17-15(12)10-14/h3-6,9-10,17H,7-8H2,1-2H3. The van der Waals surface area contributed by atoms with Gasteiger partial charge >= 0.3 is 0 Å². The van der Waals surface area contributed by atoms with E-state index < -0.39 is 0 Å². The molecule has 2 heteroatoms. The van der Waals surface area contributed by atoms with Gasteiger partial charge in [-0.05, 0) is 53.8 Å². The van der Waals surface area contributed by atoms with Gasteiger partial charge in [-0.3, -0.25) is 0 Å². The molecular weight excluding hydrogens is 222 g/mol. The van der Waals surface area contributed by atoms with Crippen LogP contribution in [-0.2, 0) is 6.42 Å². The van der Waals surface area contributed by atoms with E-state index in [4.69, 9.17) is 4.74 Å². The van der Waals surface area contributed by atoms with Crippen molar-refractivity contribution < 1.29 is 4.74 Å². The van der Waals surface area contributed by atoms with Crippen LogP contribution < -0.4 is 10.1 Å².